The molecule has 0 atom stereocenters. The van der Waals surface area contributed by atoms with E-state index in [9.17, 15) is 0 Å². The van der Waals surface area contributed by atoms with Crippen molar-refractivity contribution in [2.75, 3.05) is 5.75 Å². The van der Waals surface area contributed by atoms with Crippen LogP contribution < -0.4 is 0 Å². The lowest BCUT2D eigenvalue weighted by atomic mass is 9.88. The molecular formula is C11H17NS. The molecule has 0 aromatic carbocycles. The first-order valence-corrected chi connectivity index (χ1v) is 5.62. The SMILES string of the molecule is CCSc1ncccc1C(C)(C)C. The van der Waals surface area contributed by atoms with Gasteiger partial charge in [-0.25, -0.2) is 4.98 Å². The Labute approximate surface area is 85.0 Å². The molecular weight excluding hydrogens is 178 g/mol. The van der Waals surface area contributed by atoms with Gasteiger partial charge in [0.1, 0.15) is 0 Å². The first-order valence-electron chi connectivity index (χ1n) is 4.64. The molecule has 0 fully saturated rings. The van der Waals surface area contributed by atoms with E-state index in [2.05, 4.69) is 38.7 Å². The van der Waals surface area contributed by atoms with Gasteiger partial charge in [-0.3, -0.25) is 0 Å². The number of pyridine rings is 1. The fraction of sp³-hybridized carbons (Fsp3) is 0.545. The molecule has 72 valence electrons. The van der Waals surface area contributed by atoms with Gasteiger partial charge in [-0.2, -0.15) is 0 Å². The second kappa shape index (κ2) is 4.14. The van der Waals surface area contributed by atoms with E-state index in [1.807, 2.05) is 24.0 Å². The quantitative estimate of drug-likeness (QED) is 0.670. The van der Waals surface area contributed by atoms with Gasteiger partial charge in [0, 0.05) is 6.20 Å². The van der Waals surface area contributed by atoms with E-state index in [0.29, 0.717) is 0 Å². The van der Waals surface area contributed by atoms with Gasteiger partial charge in [0.2, 0.25) is 0 Å². The van der Waals surface area contributed by atoms with Gasteiger partial charge in [0.15, 0.2) is 0 Å². The zero-order valence-corrected chi connectivity index (χ0v) is 9.61. The third kappa shape index (κ3) is 2.73. The highest BCUT2D eigenvalue weighted by Crippen LogP contribution is 2.30. The molecule has 1 heterocycles. The van der Waals surface area contributed by atoms with E-state index >= 15 is 0 Å². The summed E-state index contributed by atoms with van der Waals surface area (Å²) < 4.78 is 0. The minimum absolute atomic E-state index is 0.200. The third-order valence-corrected chi connectivity index (χ3v) is 2.75. The summed E-state index contributed by atoms with van der Waals surface area (Å²) in [5.74, 6) is 1.08. The average molecular weight is 195 g/mol. The lowest BCUT2D eigenvalue weighted by Gasteiger charge is -2.21. The fourth-order valence-corrected chi connectivity index (χ4v) is 2.15. The molecule has 1 nitrogen and oxygen atoms in total. The Morgan fingerprint density at radius 2 is 2.08 bits per heavy atom. The second-order valence-electron chi connectivity index (χ2n) is 4.04. The van der Waals surface area contributed by atoms with Gasteiger partial charge in [0.05, 0.1) is 5.03 Å². The zero-order chi connectivity index (χ0) is 9.90. The van der Waals surface area contributed by atoms with Crippen molar-refractivity contribution >= 4 is 11.8 Å². The number of aromatic nitrogens is 1. The van der Waals surface area contributed by atoms with Gasteiger partial charge < -0.3 is 0 Å². The van der Waals surface area contributed by atoms with E-state index < -0.39 is 0 Å². The van der Waals surface area contributed by atoms with Crippen LogP contribution in [0.1, 0.15) is 33.3 Å². The Morgan fingerprint density at radius 1 is 1.38 bits per heavy atom. The molecule has 2 heteroatoms. The fourth-order valence-electron chi connectivity index (χ4n) is 1.21. The molecule has 1 aromatic heterocycles. The standard InChI is InChI=1S/C11H17NS/c1-5-13-10-9(11(2,3)4)7-6-8-12-10/h6-8H,5H2,1-4H3. The summed E-state index contributed by atoms with van der Waals surface area (Å²) in [6.07, 6.45) is 1.87. The predicted octanol–water partition coefficient (Wildman–Crippen LogP) is 3.49. The van der Waals surface area contributed by atoms with E-state index in [-0.39, 0.29) is 5.41 Å². The Morgan fingerprint density at radius 3 is 2.62 bits per heavy atom. The zero-order valence-electron chi connectivity index (χ0n) is 8.79. The summed E-state index contributed by atoms with van der Waals surface area (Å²) in [4.78, 5) is 4.40. The predicted molar refractivity (Wildman–Crippen MR) is 59.3 cm³/mol. The van der Waals surface area contributed by atoms with Crippen LogP contribution in [0.2, 0.25) is 0 Å². The molecule has 0 aliphatic heterocycles. The Balaban J connectivity index is 3.05. The Hall–Kier alpha value is -0.500. The molecule has 0 aliphatic rings. The highest BCUT2D eigenvalue weighted by Gasteiger charge is 2.17. The van der Waals surface area contributed by atoms with Crippen LogP contribution in [-0.4, -0.2) is 10.7 Å². The number of hydrogen-bond donors (Lipinski definition) is 0. The van der Waals surface area contributed by atoms with Crippen molar-refractivity contribution < 1.29 is 0 Å². The second-order valence-corrected chi connectivity index (χ2v) is 5.29. The van der Waals surface area contributed by atoms with E-state index in [1.54, 1.807) is 0 Å². The van der Waals surface area contributed by atoms with Crippen molar-refractivity contribution in [2.24, 2.45) is 0 Å². The summed E-state index contributed by atoms with van der Waals surface area (Å²) >= 11 is 1.82. The van der Waals surface area contributed by atoms with E-state index in [1.165, 1.54) is 10.6 Å². The first kappa shape index (κ1) is 10.6. The van der Waals surface area contributed by atoms with Crippen LogP contribution in [0, 0.1) is 0 Å². The van der Waals surface area contributed by atoms with Crippen molar-refractivity contribution in [2.45, 2.75) is 38.1 Å². The molecule has 1 aromatic rings. The summed E-state index contributed by atoms with van der Waals surface area (Å²) in [5.41, 5.74) is 1.55. The number of hydrogen-bond acceptors (Lipinski definition) is 2. The molecule has 0 N–H and O–H groups in total. The normalized spacial score (nSPS) is 11.7. The van der Waals surface area contributed by atoms with Crippen molar-refractivity contribution in [3.05, 3.63) is 23.9 Å². The summed E-state index contributed by atoms with van der Waals surface area (Å²) in [5, 5.41) is 1.18. The first-order chi connectivity index (χ1) is 6.05. The third-order valence-electron chi connectivity index (χ3n) is 1.86. The maximum absolute atomic E-state index is 4.40. The molecule has 13 heavy (non-hydrogen) atoms. The number of nitrogens with zero attached hydrogens (tertiary/aromatic N) is 1. The topological polar surface area (TPSA) is 12.9 Å². The van der Waals surface area contributed by atoms with Gasteiger partial charge in [-0.15, -0.1) is 11.8 Å². The van der Waals surface area contributed by atoms with Crippen LogP contribution in [0.15, 0.2) is 23.4 Å². The molecule has 0 saturated heterocycles. The average Bonchev–Trinajstić information content (AvgIpc) is 2.04. The van der Waals surface area contributed by atoms with Crippen LogP contribution in [-0.2, 0) is 5.41 Å². The smallest absolute Gasteiger partial charge is 0.0997 e. The maximum Gasteiger partial charge on any atom is 0.0997 e. The van der Waals surface area contributed by atoms with Gasteiger partial charge in [0.25, 0.3) is 0 Å². The minimum atomic E-state index is 0.200. The summed E-state index contributed by atoms with van der Waals surface area (Å²) in [6.45, 7) is 8.84. The lowest BCUT2D eigenvalue weighted by Crippen LogP contribution is -2.13. The van der Waals surface area contributed by atoms with Crippen LogP contribution in [0.5, 0.6) is 0 Å². The lowest BCUT2D eigenvalue weighted by molar-refractivity contribution is 0.571. The van der Waals surface area contributed by atoms with Gasteiger partial charge >= 0.3 is 0 Å². The molecule has 1 rings (SSSR count). The maximum atomic E-state index is 4.40. The van der Waals surface area contributed by atoms with Crippen molar-refractivity contribution in [3.63, 3.8) is 0 Å². The molecule has 0 amide bonds. The molecule has 0 bridgehead atoms. The summed E-state index contributed by atoms with van der Waals surface area (Å²) in [7, 11) is 0. The largest absolute Gasteiger partial charge is 0.250 e. The van der Waals surface area contributed by atoms with Crippen molar-refractivity contribution in [1.82, 2.24) is 4.98 Å². The molecule has 0 radical (unpaired) electrons. The highest BCUT2D eigenvalue weighted by molar-refractivity contribution is 7.99. The number of thioether (sulfide) groups is 1. The minimum Gasteiger partial charge on any atom is -0.250 e. The molecule has 0 aliphatic carbocycles. The monoisotopic (exact) mass is 195 g/mol. The van der Waals surface area contributed by atoms with Crippen LogP contribution >= 0.6 is 11.8 Å². The van der Waals surface area contributed by atoms with Crippen LogP contribution in [0.3, 0.4) is 0 Å². The van der Waals surface area contributed by atoms with Gasteiger partial charge in [-0.1, -0.05) is 33.8 Å². The van der Waals surface area contributed by atoms with Crippen LogP contribution in [0.25, 0.3) is 0 Å². The molecule has 0 spiro atoms. The summed E-state index contributed by atoms with van der Waals surface area (Å²) in [6, 6.07) is 4.19. The molecule has 0 unspecified atom stereocenters. The molecule has 0 saturated carbocycles. The van der Waals surface area contributed by atoms with Crippen molar-refractivity contribution in [1.29, 1.82) is 0 Å². The van der Waals surface area contributed by atoms with E-state index in [0.717, 1.165) is 5.75 Å². The van der Waals surface area contributed by atoms with E-state index in [4.69, 9.17) is 0 Å². The van der Waals surface area contributed by atoms with Crippen LogP contribution in [0.4, 0.5) is 0 Å². The highest BCUT2D eigenvalue weighted by atomic mass is 32.2. The number of rotatable bonds is 2. The van der Waals surface area contributed by atoms with Crippen molar-refractivity contribution in [3.8, 4) is 0 Å². The Bertz CT molecular complexity index is 276. The van der Waals surface area contributed by atoms with Gasteiger partial charge in [-0.05, 0) is 22.8 Å². The Kier molecular flexibility index (Phi) is 3.37.